The van der Waals surface area contributed by atoms with Crippen LogP contribution in [0.5, 0.6) is 5.75 Å². The Labute approximate surface area is 160 Å². The van der Waals surface area contributed by atoms with Gasteiger partial charge in [0.25, 0.3) is 11.6 Å². The molecular formula is C16H16ClN3O6S. The van der Waals surface area contributed by atoms with E-state index in [4.69, 9.17) is 16.3 Å². The molecule has 0 spiro atoms. The van der Waals surface area contributed by atoms with Gasteiger partial charge in [0.05, 0.1) is 14.8 Å². The van der Waals surface area contributed by atoms with Crippen LogP contribution in [0.1, 0.15) is 0 Å². The van der Waals surface area contributed by atoms with E-state index in [0.717, 1.165) is 10.4 Å². The topological polar surface area (TPSA) is 119 Å². The molecule has 9 nitrogen and oxygen atoms in total. The fourth-order valence-corrected chi connectivity index (χ4v) is 3.18. The van der Waals surface area contributed by atoms with E-state index >= 15 is 0 Å². The minimum atomic E-state index is -3.63. The number of benzene rings is 2. The van der Waals surface area contributed by atoms with Crippen molar-refractivity contribution < 1.29 is 22.9 Å². The number of hydrogen-bond acceptors (Lipinski definition) is 6. The van der Waals surface area contributed by atoms with Gasteiger partial charge in [-0.1, -0.05) is 17.7 Å². The fraction of sp³-hybridized carbons (Fsp3) is 0.188. The molecule has 0 aliphatic carbocycles. The average Bonchev–Trinajstić information content (AvgIpc) is 2.60. The molecule has 0 bridgehead atoms. The number of halogens is 1. The maximum Gasteiger partial charge on any atom is 0.271 e. The molecule has 0 aliphatic rings. The molecule has 2 rings (SSSR count). The van der Waals surface area contributed by atoms with Crippen LogP contribution >= 0.6 is 11.6 Å². The molecule has 0 radical (unpaired) electrons. The van der Waals surface area contributed by atoms with Crippen LogP contribution in [0.4, 0.5) is 11.4 Å². The number of nitro benzene ring substituents is 1. The molecular weight excluding hydrogens is 398 g/mol. The minimum Gasteiger partial charge on any atom is -0.482 e. The zero-order chi connectivity index (χ0) is 20.2. The van der Waals surface area contributed by atoms with Crippen molar-refractivity contribution in [1.82, 2.24) is 4.31 Å². The molecule has 1 amide bonds. The number of nitrogens with zero attached hydrogens (tertiary/aromatic N) is 2. The Balaban J connectivity index is 2.04. The van der Waals surface area contributed by atoms with Crippen LogP contribution in [-0.4, -0.2) is 44.3 Å². The highest BCUT2D eigenvalue weighted by Crippen LogP contribution is 2.28. The monoisotopic (exact) mass is 413 g/mol. The highest BCUT2D eigenvalue weighted by Gasteiger charge is 2.18. The second-order valence-electron chi connectivity index (χ2n) is 5.52. The molecule has 0 heterocycles. The SMILES string of the molecule is CN(C)S(=O)(=O)c1cccc(NC(=O)COc2ccc([N+](=O)[O-])cc2Cl)c1. The Morgan fingerprint density at radius 3 is 2.56 bits per heavy atom. The first kappa shape index (κ1) is 20.6. The predicted octanol–water partition coefficient (Wildman–Crippen LogP) is 2.52. The second kappa shape index (κ2) is 8.33. The van der Waals surface area contributed by atoms with E-state index in [-0.39, 0.29) is 27.0 Å². The summed E-state index contributed by atoms with van der Waals surface area (Å²) >= 11 is 5.89. The highest BCUT2D eigenvalue weighted by molar-refractivity contribution is 7.89. The predicted molar refractivity (Wildman–Crippen MR) is 99.5 cm³/mol. The summed E-state index contributed by atoms with van der Waals surface area (Å²) in [5, 5.41) is 13.2. The minimum absolute atomic E-state index is 0.00364. The summed E-state index contributed by atoms with van der Waals surface area (Å²) in [5.74, 6) is -0.440. The van der Waals surface area contributed by atoms with Crippen LogP contribution in [0.15, 0.2) is 47.4 Å². The van der Waals surface area contributed by atoms with Gasteiger partial charge < -0.3 is 10.1 Å². The van der Waals surface area contributed by atoms with Crippen LogP contribution in [0.3, 0.4) is 0 Å². The summed E-state index contributed by atoms with van der Waals surface area (Å²) in [6, 6.07) is 9.38. The quantitative estimate of drug-likeness (QED) is 0.550. The van der Waals surface area contributed by atoms with Gasteiger partial charge in [0.1, 0.15) is 5.75 Å². The molecule has 0 atom stereocenters. The van der Waals surface area contributed by atoms with Gasteiger partial charge in [-0.15, -0.1) is 0 Å². The van der Waals surface area contributed by atoms with E-state index < -0.39 is 27.5 Å². The maximum absolute atomic E-state index is 12.1. The third-order valence-corrected chi connectivity index (χ3v) is 5.49. The molecule has 0 unspecified atom stereocenters. The second-order valence-corrected chi connectivity index (χ2v) is 8.08. The van der Waals surface area contributed by atoms with Crippen molar-refractivity contribution in [2.45, 2.75) is 4.90 Å². The number of anilines is 1. The molecule has 2 aromatic carbocycles. The first-order valence-electron chi connectivity index (χ1n) is 7.50. The number of hydrogen-bond donors (Lipinski definition) is 1. The summed E-state index contributed by atoms with van der Waals surface area (Å²) in [7, 11) is -0.819. The van der Waals surface area contributed by atoms with Crippen LogP contribution < -0.4 is 10.1 Å². The number of carbonyl (C=O) groups is 1. The van der Waals surface area contributed by atoms with Gasteiger partial charge in [-0.3, -0.25) is 14.9 Å². The molecule has 11 heteroatoms. The smallest absolute Gasteiger partial charge is 0.271 e. The lowest BCUT2D eigenvalue weighted by Crippen LogP contribution is -2.23. The highest BCUT2D eigenvalue weighted by atomic mass is 35.5. The molecule has 0 aliphatic heterocycles. The van der Waals surface area contributed by atoms with Gasteiger partial charge >= 0.3 is 0 Å². The van der Waals surface area contributed by atoms with E-state index in [0.29, 0.717) is 0 Å². The summed E-state index contributed by atoms with van der Waals surface area (Å²) in [6.07, 6.45) is 0. The number of carbonyl (C=O) groups excluding carboxylic acids is 1. The molecule has 2 aromatic rings. The molecule has 144 valence electrons. The van der Waals surface area contributed by atoms with Crippen molar-refractivity contribution in [2.24, 2.45) is 0 Å². The lowest BCUT2D eigenvalue weighted by molar-refractivity contribution is -0.384. The van der Waals surface area contributed by atoms with Crippen LogP contribution in [-0.2, 0) is 14.8 Å². The maximum atomic E-state index is 12.1. The fourth-order valence-electron chi connectivity index (χ4n) is 2.01. The number of non-ortho nitro benzene ring substituents is 1. The van der Waals surface area contributed by atoms with Gasteiger partial charge in [-0.05, 0) is 24.3 Å². The Morgan fingerprint density at radius 1 is 1.26 bits per heavy atom. The number of nitrogens with one attached hydrogen (secondary N) is 1. The Hall–Kier alpha value is -2.69. The first-order valence-corrected chi connectivity index (χ1v) is 9.32. The summed E-state index contributed by atoms with van der Waals surface area (Å²) < 4.78 is 30.6. The van der Waals surface area contributed by atoms with Crippen molar-refractivity contribution in [1.29, 1.82) is 0 Å². The van der Waals surface area contributed by atoms with E-state index in [1.807, 2.05) is 0 Å². The molecule has 0 saturated heterocycles. The molecule has 0 fully saturated rings. The first-order chi connectivity index (χ1) is 12.6. The van der Waals surface area contributed by atoms with Crippen molar-refractivity contribution >= 4 is 38.9 Å². The van der Waals surface area contributed by atoms with Gasteiger partial charge in [0.15, 0.2) is 6.61 Å². The van der Waals surface area contributed by atoms with E-state index in [9.17, 15) is 23.3 Å². The summed E-state index contributed by atoms with van der Waals surface area (Å²) in [6.45, 7) is -0.414. The molecule has 27 heavy (non-hydrogen) atoms. The largest absolute Gasteiger partial charge is 0.482 e. The van der Waals surface area contributed by atoms with Crippen molar-refractivity contribution in [3.05, 3.63) is 57.6 Å². The summed E-state index contributed by atoms with van der Waals surface area (Å²) in [4.78, 5) is 22.1. The Morgan fingerprint density at radius 2 is 1.96 bits per heavy atom. The van der Waals surface area contributed by atoms with Crippen molar-refractivity contribution in [2.75, 3.05) is 26.0 Å². The van der Waals surface area contributed by atoms with Crippen LogP contribution in [0.2, 0.25) is 5.02 Å². The number of sulfonamides is 1. The third-order valence-electron chi connectivity index (χ3n) is 3.38. The van der Waals surface area contributed by atoms with Crippen molar-refractivity contribution in [3.63, 3.8) is 0 Å². The molecule has 0 saturated carbocycles. The molecule has 1 N–H and O–H groups in total. The lowest BCUT2D eigenvalue weighted by Gasteiger charge is -2.13. The Kier molecular flexibility index (Phi) is 6.37. The number of ether oxygens (including phenoxy) is 1. The zero-order valence-electron chi connectivity index (χ0n) is 14.4. The van der Waals surface area contributed by atoms with Crippen molar-refractivity contribution in [3.8, 4) is 5.75 Å². The zero-order valence-corrected chi connectivity index (χ0v) is 16.0. The van der Waals surface area contributed by atoms with Gasteiger partial charge in [0.2, 0.25) is 10.0 Å². The van der Waals surface area contributed by atoms with Gasteiger partial charge in [-0.2, -0.15) is 0 Å². The summed E-state index contributed by atoms with van der Waals surface area (Å²) in [5.41, 5.74) is 0.0806. The van der Waals surface area contributed by atoms with Gasteiger partial charge in [0, 0.05) is 31.9 Å². The average molecular weight is 414 g/mol. The van der Waals surface area contributed by atoms with E-state index in [2.05, 4.69) is 5.32 Å². The van der Waals surface area contributed by atoms with Gasteiger partial charge in [-0.25, -0.2) is 12.7 Å². The normalized spacial score (nSPS) is 11.3. The number of nitro groups is 1. The molecule has 0 aromatic heterocycles. The van der Waals surface area contributed by atoms with E-state index in [1.165, 1.54) is 50.5 Å². The Bertz CT molecular complexity index is 978. The van der Waals surface area contributed by atoms with Crippen LogP contribution in [0.25, 0.3) is 0 Å². The lowest BCUT2D eigenvalue weighted by atomic mass is 10.3. The number of amides is 1. The number of rotatable bonds is 7. The standard InChI is InChI=1S/C16H16ClN3O6S/c1-19(2)27(24,25)13-5-3-4-11(8-13)18-16(21)10-26-15-7-6-12(20(22)23)9-14(15)17/h3-9H,10H2,1-2H3,(H,18,21). The van der Waals surface area contributed by atoms with Crippen LogP contribution in [0, 0.1) is 10.1 Å². The van der Waals surface area contributed by atoms with E-state index in [1.54, 1.807) is 0 Å². The third kappa shape index (κ3) is 5.16.